The van der Waals surface area contributed by atoms with Crippen LogP contribution in [0.3, 0.4) is 0 Å². The number of nitrogens with zero attached hydrogens (tertiary/aromatic N) is 2. The molecule has 1 aromatic heterocycles. The molecule has 0 atom stereocenters. The van der Waals surface area contributed by atoms with Crippen LogP contribution >= 0.6 is 7.14 Å². The molecular formula is C9H16N3OP. The van der Waals surface area contributed by atoms with E-state index in [4.69, 9.17) is 0 Å². The Bertz CT molecular complexity index is 356. The molecule has 1 N–H and O–H groups in total. The minimum absolute atomic E-state index is 0.760. The Balaban J connectivity index is 2.36. The van der Waals surface area contributed by atoms with Crippen molar-refractivity contribution in [3.05, 3.63) is 11.8 Å². The molecule has 0 radical (unpaired) electrons. The molecule has 1 aromatic rings. The first-order valence-corrected chi connectivity index (χ1v) is 7.50. The third-order valence-electron chi connectivity index (χ3n) is 2.43. The molecule has 1 aliphatic heterocycles. The zero-order valence-corrected chi connectivity index (χ0v) is 9.55. The molecular weight excluding hydrogens is 197 g/mol. The summed E-state index contributed by atoms with van der Waals surface area (Å²) in [6.07, 6.45) is 1.09. The number of rotatable bonds is 1. The van der Waals surface area contributed by atoms with Crippen LogP contribution in [0.1, 0.15) is 12.1 Å². The van der Waals surface area contributed by atoms with Gasteiger partial charge in [-0.3, -0.25) is 4.68 Å². The molecule has 0 amide bonds. The summed E-state index contributed by atoms with van der Waals surface area (Å²) in [4.78, 5) is 0. The number of hydrogen-bond acceptors (Lipinski definition) is 3. The molecule has 0 saturated heterocycles. The Labute approximate surface area is 84.1 Å². The summed E-state index contributed by atoms with van der Waals surface area (Å²) in [5.74, 6) is 0. The second-order valence-electron chi connectivity index (χ2n) is 4.10. The topological polar surface area (TPSA) is 46.9 Å². The standard InChI is InChI=1S/C9H16N3OP/c1-14(2,13)9-6-8-7-10-4-3-5-12(8)11-9/h6,10H,3-5,7H2,1-2H3. The number of fused-ring (bicyclic) bond motifs is 1. The van der Waals surface area contributed by atoms with E-state index in [9.17, 15) is 4.57 Å². The molecule has 5 heteroatoms. The molecule has 2 heterocycles. The number of aromatic nitrogens is 2. The van der Waals surface area contributed by atoms with E-state index in [1.165, 1.54) is 0 Å². The van der Waals surface area contributed by atoms with E-state index in [1.807, 2.05) is 10.7 Å². The lowest BCUT2D eigenvalue weighted by Gasteiger charge is -2.01. The maximum atomic E-state index is 11.8. The summed E-state index contributed by atoms with van der Waals surface area (Å²) in [6, 6.07) is 1.97. The average Bonchev–Trinajstić information content (AvgIpc) is 2.38. The number of hydrogen-bond donors (Lipinski definition) is 1. The van der Waals surface area contributed by atoms with Gasteiger partial charge in [0, 0.05) is 13.1 Å². The fourth-order valence-electron chi connectivity index (χ4n) is 1.61. The highest BCUT2D eigenvalue weighted by Crippen LogP contribution is 2.33. The highest BCUT2D eigenvalue weighted by atomic mass is 31.2. The van der Waals surface area contributed by atoms with Crippen LogP contribution in [-0.2, 0) is 17.7 Å². The Morgan fingerprint density at radius 3 is 3.07 bits per heavy atom. The molecule has 78 valence electrons. The zero-order chi connectivity index (χ0) is 10.2. The van der Waals surface area contributed by atoms with Crippen LogP contribution in [0, 0.1) is 0 Å². The van der Waals surface area contributed by atoms with Crippen molar-refractivity contribution in [2.75, 3.05) is 19.9 Å². The van der Waals surface area contributed by atoms with Gasteiger partial charge in [-0.2, -0.15) is 5.10 Å². The third-order valence-corrected chi connectivity index (χ3v) is 3.75. The Hall–Kier alpha value is -0.600. The SMILES string of the molecule is CP(C)(=O)c1cc2n(n1)CCCNC2. The van der Waals surface area contributed by atoms with Crippen molar-refractivity contribution in [2.45, 2.75) is 19.5 Å². The van der Waals surface area contributed by atoms with E-state index in [1.54, 1.807) is 13.3 Å². The molecule has 0 fully saturated rings. The molecule has 1 aliphatic rings. The van der Waals surface area contributed by atoms with Crippen LogP contribution < -0.4 is 10.8 Å². The normalized spacial score (nSPS) is 17.6. The number of nitrogens with one attached hydrogen (secondary N) is 1. The Morgan fingerprint density at radius 1 is 1.57 bits per heavy atom. The summed E-state index contributed by atoms with van der Waals surface area (Å²) in [5, 5.41) is 7.71. The molecule has 0 saturated carbocycles. The monoisotopic (exact) mass is 213 g/mol. The van der Waals surface area contributed by atoms with Crippen LogP contribution in [0.15, 0.2) is 6.07 Å². The minimum Gasteiger partial charge on any atom is -0.318 e. The van der Waals surface area contributed by atoms with Crippen LogP contribution in [0.2, 0.25) is 0 Å². The molecule has 0 unspecified atom stereocenters. The lowest BCUT2D eigenvalue weighted by Crippen LogP contribution is -2.12. The summed E-state index contributed by atoms with van der Waals surface area (Å²) >= 11 is 0. The van der Waals surface area contributed by atoms with Crippen molar-refractivity contribution < 1.29 is 4.57 Å². The molecule has 2 rings (SSSR count). The van der Waals surface area contributed by atoms with Crippen molar-refractivity contribution in [3.63, 3.8) is 0 Å². The van der Waals surface area contributed by atoms with E-state index in [-0.39, 0.29) is 0 Å². The zero-order valence-electron chi connectivity index (χ0n) is 8.66. The number of aryl methyl sites for hydroxylation is 1. The van der Waals surface area contributed by atoms with Crippen molar-refractivity contribution in [2.24, 2.45) is 0 Å². The molecule has 4 nitrogen and oxygen atoms in total. The molecule has 14 heavy (non-hydrogen) atoms. The first kappa shape index (κ1) is 9.94. The van der Waals surface area contributed by atoms with Gasteiger partial charge in [-0.25, -0.2) is 0 Å². The highest BCUT2D eigenvalue weighted by Gasteiger charge is 2.18. The maximum Gasteiger partial charge on any atom is 0.129 e. The largest absolute Gasteiger partial charge is 0.318 e. The van der Waals surface area contributed by atoms with Gasteiger partial charge in [0.15, 0.2) is 0 Å². The van der Waals surface area contributed by atoms with Gasteiger partial charge < -0.3 is 9.88 Å². The summed E-state index contributed by atoms with van der Waals surface area (Å²) in [6.45, 7) is 6.34. The van der Waals surface area contributed by atoms with Gasteiger partial charge in [0.25, 0.3) is 0 Å². The van der Waals surface area contributed by atoms with Crippen molar-refractivity contribution in [1.29, 1.82) is 0 Å². The highest BCUT2D eigenvalue weighted by molar-refractivity contribution is 7.69. The maximum absolute atomic E-state index is 11.8. The lowest BCUT2D eigenvalue weighted by molar-refractivity contribution is 0.580. The van der Waals surface area contributed by atoms with Crippen LogP contribution in [0.25, 0.3) is 0 Å². The van der Waals surface area contributed by atoms with Crippen molar-refractivity contribution in [1.82, 2.24) is 15.1 Å². The smallest absolute Gasteiger partial charge is 0.129 e. The van der Waals surface area contributed by atoms with Crippen LogP contribution in [-0.4, -0.2) is 29.7 Å². The predicted octanol–water partition coefficient (Wildman–Crippen LogP) is 0.624. The quantitative estimate of drug-likeness (QED) is 0.696. The lowest BCUT2D eigenvalue weighted by atomic mass is 10.4. The average molecular weight is 213 g/mol. The molecule has 0 aromatic carbocycles. The first-order valence-electron chi connectivity index (χ1n) is 4.90. The van der Waals surface area contributed by atoms with Gasteiger partial charge in [0.2, 0.25) is 0 Å². The second-order valence-corrected chi connectivity index (χ2v) is 7.26. The fourth-order valence-corrected chi connectivity index (χ4v) is 2.39. The summed E-state index contributed by atoms with van der Waals surface area (Å²) in [5.41, 5.74) is 1.91. The first-order chi connectivity index (χ1) is 6.57. The molecule has 0 bridgehead atoms. The summed E-state index contributed by atoms with van der Waals surface area (Å²) in [7, 11) is -2.20. The summed E-state index contributed by atoms with van der Waals surface area (Å²) < 4.78 is 13.8. The second kappa shape index (κ2) is 3.52. The van der Waals surface area contributed by atoms with Crippen molar-refractivity contribution in [3.8, 4) is 0 Å². The third kappa shape index (κ3) is 1.91. The predicted molar refractivity (Wildman–Crippen MR) is 57.6 cm³/mol. The van der Waals surface area contributed by atoms with E-state index < -0.39 is 7.14 Å². The fraction of sp³-hybridized carbons (Fsp3) is 0.667. The molecule has 0 spiro atoms. The van der Waals surface area contributed by atoms with E-state index in [0.717, 1.165) is 37.2 Å². The van der Waals surface area contributed by atoms with Gasteiger partial charge in [0.1, 0.15) is 12.6 Å². The van der Waals surface area contributed by atoms with Crippen molar-refractivity contribution >= 4 is 12.6 Å². The van der Waals surface area contributed by atoms with Gasteiger partial charge in [-0.05, 0) is 32.4 Å². The molecule has 0 aliphatic carbocycles. The van der Waals surface area contributed by atoms with Crippen LogP contribution in [0.4, 0.5) is 0 Å². The van der Waals surface area contributed by atoms with Gasteiger partial charge in [0.05, 0.1) is 5.69 Å². The van der Waals surface area contributed by atoms with E-state index >= 15 is 0 Å². The van der Waals surface area contributed by atoms with Gasteiger partial charge >= 0.3 is 0 Å². The Kier molecular flexibility index (Phi) is 2.50. The van der Waals surface area contributed by atoms with Gasteiger partial charge in [-0.15, -0.1) is 0 Å². The van der Waals surface area contributed by atoms with E-state index in [0.29, 0.717) is 0 Å². The van der Waals surface area contributed by atoms with Gasteiger partial charge in [-0.1, -0.05) is 0 Å². The van der Waals surface area contributed by atoms with E-state index in [2.05, 4.69) is 10.4 Å². The van der Waals surface area contributed by atoms with Crippen LogP contribution in [0.5, 0.6) is 0 Å². The minimum atomic E-state index is -2.20. The Morgan fingerprint density at radius 2 is 2.36 bits per heavy atom.